The zero-order valence-corrected chi connectivity index (χ0v) is 16.1. The van der Waals surface area contributed by atoms with E-state index in [-0.39, 0.29) is 18.4 Å². The van der Waals surface area contributed by atoms with Crippen LogP contribution in [-0.2, 0) is 9.53 Å². The van der Waals surface area contributed by atoms with Crippen LogP contribution < -0.4 is 4.74 Å². The lowest BCUT2D eigenvalue weighted by molar-refractivity contribution is -0.136. The van der Waals surface area contributed by atoms with Gasteiger partial charge in [0.2, 0.25) is 0 Å². The zero-order chi connectivity index (χ0) is 19.0. The summed E-state index contributed by atoms with van der Waals surface area (Å²) in [6, 6.07) is 3.11. The minimum Gasteiger partial charge on any atom is -0.496 e. The Morgan fingerprint density at radius 3 is 2.65 bits per heavy atom. The molecule has 1 atom stereocenters. The van der Waals surface area contributed by atoms with Crippen LogP contribution in [0.5, 0.6) is 5.06 Å². The first-order chi connectivity index (χ1) is 12.4. The fourth-order valence-electron chi connectivity index (χ4n) is 3.31. The molecule has 1 N–H and O–H groups in total. The summed E-state index contributed by atoms with van der Waals surface area (Å²) in [5, 5.41) is 10.4. The van der Waals surface area contributed by atoms with Gasteiger partial charge in [0.15, 0.2) is 5.06 Å². The highest BCUT2D eigenvalue weighted by Gasteiger charge is 2.41. The van der Waals surface area contributed by atoms with Crippen molar-refractivity contribution < 1.29 is 24.2 Å². The number of carboxylic acids is 1. The Bertz CT molecular complexity index is 867. The van der Waals surface area contributed by atoms with Crippen molar-refractivity contribution in [3.8, 4) is 5.06 Å². The van der Waals surface area contributed by atoms with Gasteiger partial charge in [-0.3, -0.25) is 9.59 Å². The molecule has 1 aromatic heterocycles. The van der Waals surface area contributed by atoms with E-state index in [1.807, 2.05) is 0 Å². The number of carboxylic acid groups (broad SMARTS) is 1. The molecule has 0 spiro atoms. The van der Waals surface area contributed by atoms with Crippen LogP contribution in [0.3, 0.4) is 0 Å². The topological polar surface area (TPSA) is 76.1 Å². The largest absolute Gasteiger partial charge is 0.496 e. The number of fused-ring (bicyclic) bond motifs is 1. The van der Waals surface area contributed by atoms with E-state index in [0.717, 1.165) is 5.57 Å². The Labute approximate surface area is 160 Å². The molecule has 26 heavy (non-hydrogen) atoms. The van der Waals surface area contributed by atoms with Crippen molar-refractivity contribution >= 4 is 34.8 Å². The maximum absolute atomic E-state index is 13.1. The number of ether oxygens (including phenoxy) is 2. The summed E-state index contributed by atoms with van der Waals surface area (Å²) in [5.74, 6) is -0.649. The molecular weight excluding hydrogens is 378 g/mol. The van der Waals surface area contributed by atoms with Crippen molar-refractivity contribution in [3.05, 3.63) is 50.7 Å². The molecule has 1 aromatic rings. The quantitative estimate of drug-likeness (QED) is 0.821. The number of rotatable bonds is 5. The molecule has 3 rings (SSSR count). The number of carbonyl (C=O) groups excluding carboxylic acids is 1. The van der Waals surface area contributed by atoms with Gasteiger partial charge in [0.1, 0.15) is 5.76 Å². The van der Waals surface area contributed by atoms with Gasteiger partial charge >= 0.3 is 5.97 Å². The molecule has 1 amide bonds. The monoisotopic (exact) mass is 395 g/mol. The Morgan fingerprint density at radius 2 is 2.08 bits per heavy atom. The number of aliphatic carboxylic acids is 1. The second kappa shape index (κ2) is 7.17. The van der Waals surface area contributed by atoms with Crippen molar-refractivity contribution in [3.63, 3.8) is 0 Å². The number of nitrogens with zero attached hydrogens (tertiary/aromatic N) is 1. The van der Waals surface area contributed by atoms with Gasteiger partial charge in [0.25, 0.3) is 5.91 Å². The van der Waals surface area contributed by atoms with Crippen LogP contribution >= 0.6 is 22.9 Å². The summed E-state index contributed by atoms with van der Waals surface area (Å²) in [6.45, 7) is 1.76. The number of hydrogen-bond acceptors (Lipinski definition) is 5. The number of carbonyl (C=O) groups is 2. The van der Waals surface area contributed by atoms with E-state index in [1.54, 1.807) is 37.1 Å². The van der Waals surface area contributed by atoms with Gasteiger partial charge in [0, 0.05) is 12.1 Å². The van der Waals surface area contributed by atoms with E-state index in [4.69, 9.17) is 21.1 Å². The normalized spacial score (nSPS) is 19.5. The summed E-state index contributed by atoms with van der Waals surface area (Å²) >= 11 is 7.56. The zero-order valence-electron chi connectivity index (χ0n) is 14.5. The molecule has 2 aliphatic rings. The van der Waals surface area contributed by atoms with E-state index in [1.165, 1.54) is 18.4 Å². The molecule has 1 aliphatic heterocycles. The Morgan fingerprint density at radius 1 is 1.35 bits per heavy atom. The van der Waals surface area contributed by atoms with Crippen molar-refractivity contribution in [1.82, 2.24) is 4.90 Å². The summed E-state index contributed by atoms with van der Waals surface area (Å²) < 4.78 is 10.4. The van der Waals surface area contributed by atoms with Gasteiger partial charge in [-0.1, -0.05) is 22.9 Å². The molecule has 0 bridgehead atoms. The van der Waals surface area contributed by atoms with Gasteiger partial charge in [-0.05, 0) is 36.3 Å². The summed E-state index contributed by atoms with van der Waals surface area (Å²) in [4.78, 5) is 26.6. The van der Waals surface area contributed by atoms with E-state index < -0.39 is 5.97 Å². The van der Waals surface area contributed by atoms with E-state index >= 15 is 0 Å². The van der Waals surface area contributed by atoms with Crippen LogP contribution in [0.4, 0.5) is 0 Å². The average molecular weight is 396 g/mol. The molecule has 0 saturated heterocycles. The van der Waals surface area contributed by atoms with Crippen molar-refractivity contribution in [2.75, 3.05) is 14.2 Å². The van der Waals surface area contributed by atoms with Crippen LogP contribution in [0.2, 0.25) is 0 Å². The number of amides is 1. The van der Waals surface area contributed by atoms with Crippen molar-refractivity contribution in [2.45, 2.75) is 25.8 Å². The van der Waals surface area contributed by atoms with Crippen molar-refractivity contribution in [2.24, 2.45) is 0 Å². The third-order valence-corrected chi connectivity index (χ3v) is 5.88. The van der Waals surface area contributed by atoms with Crippen LogP contribution in [-0.4, -0.2) is 42.1 Å². The SMILES string of the molecule is COC1=C(Cl)CC2C(=C1)C(CC(=O)O)=C(C)N2C(=O)c1ccc(OC)s1. The molecule has 1 aliphatic carbocycles. The van der Waals surface area contributed by atoms with Crippen LogP contribution in [0.15, 0.2) is 45.8 Å². The number of methoxy groups -OCH3 is 2. The number of thiophene rings is 1. The molecule has 138 valence electrons. The summed E-state index contributed by atoms with van der Waals surface area (Å²) in [7, 11) is 3.06. The molecule has 0 radical (unpaired) electrons. The lowest BCUT2D eigenvalue weighted by atomic mass is 9.92. The third kappa shape index (κ3) is 3.12. The molecular formula is C18H18ClNO5S. The van der Waals surface area contributed by atoms with E-state index in [9.17, 15) is 14.7 Å². The van der Waals surface area contributed by atoms with Gasteiger partial charge in [0.05, 0.1) is 36.6 Å². The van der Waals surface area contributed by atoms with Gasteiger partial charge in [-0.15, -0.1) is 0 Å². The highest BCUT2D eigenvalue weighted by molar-refractivity contribution is 7.15. The average Bonchev–Trinajstić information content (AvgIpc) is 3.17. The van der Waals surface area contributed by atoms with Gasteiger partial charge in [-0.25, -0.2) is 0 Å². The first-order valence-electron chi connectivity index (χ1n) is 7.90. The molecule has 1 unspecified atom stereocenters. The second-order valence-electron chi connectivity index (χ2n) is 5.93. The second-order valence-corrected chi connectivity index (χ2v) is 7.43. The van der Waals surface area contributed by atoms with Gasteiger partial charge in [-0.2, -0.15) is 0 Å². The Kier molecular flexibility index (Phi) is 5.11. The van der Waals surface area contributed by atoms with Crippen LogP contribution in [0, 0.1) is 0 Å². The Hall–Kier alpha value is -2.25. The fourth-order valence-corrected chi connectivity index (χ4v) is 4.35. The maximum Gasteiger partial charge on any atom is 0.307 e. The van der Waals surface area contributed by atoms with Crippen LogP contribution in [0.1, 0.15) is 29.4 Å². The Balaban J connectivity index is 2.04. The molecule has 0 saturated carbocycles. The van der Waals surface area contributed by atoms with Gasteiger partial charge < -0.3 is 19.5 Å². The lowest BCUT2D eigenvalue weighted by Crippen LogP contribution is -2.36. The lowest BCUT2D eigenvalue weighted by Gasteiger charge is -2.29. The highest BCUT2D eigenvalue weighted by Crippen LogP contribution is 2.44. The number of allylic oxidation sites excluding steroid dienone is 2. The molecule has 2 heterocycles. The predicted octanol–water partition coefficient (Wildman–Crippen LogP) is 3.76. The summed E-state index contributed by atoms with van der Waals surface area (Å²) in [5.41, 5.74) is 2.02. The smallest absolute Gasteiger partial charge is 0.307 e. The minimum absolute atomic E-state index is 0.166. The van der Waals surface area contributed by atoms with Crippen LogP contribution in [0.25, 0.3) is 0 Å². The maximum atomic E-state index is 13.1. The van der Waals surface area contributed by atoms with E-state index in [0.29, 0.717) is 38.4 Å². The number of halogens is 1. The third-order valence-electron chi connectivity index (χ3n) is 4.50. The molecule has 8 heteroatoms. The summed E-state index contributed by atoms with van der Waals surface area (Å²) in [6.07, 6.45) is 1.95. The molecule has 0 aromatic carbocycles. The first-order valence-corrected chi connectivity index (χ1v) is 9.10. The predicted molar refractivity (Wildman–Crippen MR) is 98.4 cm³/mol. The minimum atomic E-state index is -0.953. The molecule has 6 nitrogen and oxygen atoms in total. The standard InChI is InChI=1S/C18H18ClNO5S/c1-9-10(7-16(21)22)11-6-14(24-2)12(19)8-13(11)20(9)18(23)15-4-5-17(25-3)26-15/h4-6,13H,7-8H2,1-3H3,(H,21,22). The first kappa shape index (κ1) is 18.5. The number of hydrogen-bond donors (Lipinski definition) is 1. The van der Waals surface area contributed by atoms with Crippen molar-refractivity contribution in [1.29, 1.82) is 0 Å². The fraction of sp³-hybridized carbons (Fsp3) is 0.333. The molecule has 0 fully saturated rings. The highest BCUT2D eigenvalue weighted by atomic mass is 35.5. The van der Waals surface area contributed by atoms with E-state index in [2.05, 4.69) is 0 Å².